The van der Waals surface area contributed by atoms with Crippen molar-refractivity contribution in [3.8, 4) is 0 Å². The van der Waals surface area contributed by atoms with Crippen molar-refractivity contribution in [2.24, 2.45) is 0 Å². The average molecular weight is 448 g/mol. The fourth-order valence-corrected chi connectivity index (χ4v) is 5.47. The van der Waals surface area contributed by atoms with Crippen molar-refractivity contribution in [2.45, 2.75) is 51.0 Å². The Balaban J connectivity index is 1.61. The molecule has 0 atom stereocenters. The third kappa shape index (κ3) is 3.41. The predicted molar refractivity (Wildman–Crippen MR) is 130 cm³/mol. The van der Waals surface area contributed by atoms with Crippen molar-refractivity contribution >= 4 is 34.1 Å². The molecule has 8 heteroatoms. The Bertz CT molecular complexity index is 1300. The largest absolute Gasteiger partial charge is 0.477 e. The quantitative estimate of drug-likeness (QED) is 0.335. The number of pyridine rings is 2. The lowest BCUT2D eigenvalue weighted by Gasteiger charge is -2.44. The van der Waals surface area contributed by atoms with Gasteiger partial charge in [-0.2, -0.15) is 0 Å². The molecule has 2 aromatic heterocycles. The summed E-state index contributed by atoms with van der Waals surface area (Å²) >= 11 is 0. The van der Waals surface area contributed by atoms with Crippen LogP contribution in [0.5, 0.6) is 0 Å². The van der Waals surface area contributed by atoms with Crippen molar-refractivity contribution in [1.82, 2.24) is 9.55 Å². The summed E-state index contributed by atoms with van der Waals surface area (Å²) in [4.78, 5) is 29.4. The van der Waals surface area contributed by atoms with E-state index in [4.69, 9.17) is 5.73 Å². The molecule has 1 saturated carbocycles. The molecule has 0 saturated heterocycles. The highest BCUT2D eigenvalue weighted by atomic mass is 16.4. The maximum atomic E-state index is 13.2. The van der Waals surface area contributed by atoms with Crippen LogP contribution in [0.4, 0.5) is 17.2 Å². The van der Waals surface area contributed by atoms with Crippen LogP contribution in [-0.2, 0) is 12.0 Å². The number of nitrogens with two attached hydrogens (primary N) is 1. The third-order valence-electron chi connectivity index (χ3n) is 7.34. The van der Waals surface area contributed by atoms with E-state index in [1.807, 2.05) is 25.1 Å². The van der Waals surface area contributed by atoms with Crippen molar-refractivity contribution in [3.05, 3.63) is 57.5 Å². The number of aryl methyl sites for hydroxylation is 1. The van der Waals surface area contributed by atoms with Crippen LogP contribution in [0.15, 0.2) is 35.4 Å². The fraction of sp³-hybridized carbons (Fsp3) is 0.400. The van der Waals surface area contributed by atoms with E-state index in [1.165, 1.54) is 0 Å². The number of aromatic nitrogens is 2. The first-order valence-corrected chi connectivity index (χ1v) is 11.6. The van der Waals surface area contributed by atoms with Gasteiger partial charge in [0.2, 0.25) is 5.43 Å². The molecule has 1 aliphatic carbocycles. The molecular weight excluding hydrogens is 418 g/mol. The Labute approximate surface area is 191 Å². The lowest BCUT2D eigenvalue weighted by molar-refractivity contribution is 0.0692. The molecule has 2 aliphatic rings. The van der Waals surface area contributed by atoms with Crippen LogP contribution in [0.2, 0.25) is 0 Å². The number of nitrogens with zero attached hydrogens (tertiary/aromatic N) is 2. The van der Waals surface area contributed by atoms with Gasteiger partial charge < -0.3 is 26.0 Å². The first-order valence-electron chi connectivity index (χ1n) is 11.6. The minimum absolute atomic E-state index is 0.124. The number of hydrogen-bond donors (Lipinski definition) is 4. The summed E-state index contributed by atoms with van der Waals surface area (Å²) in [6.45, 7) is 3.22. The molecule has 8 nitrogen and oxygen atoms in total. The van der Waals surface area contributed by atoms with Gasteiger partial charge in [-0.05, 0) is 63.1 Å². The zero-order valence-corrected chi connectivity index (χ0v) is 18.8. The standard InChI is InChI=1S/C25H29N5O3/c1-15-20(26)19-22-16(21(15)29-13-12-28-18-7-2-3-11-27-18)6-4-8-25(9-5-10-25)30(22)14-17(23(19)31)24(32)33/h2-3,7,11,14,29H,4-6,8-10,12-13,26H2,1H3,(H,27,28)(H,32,33). The van der Waals surface area contributed by atoms with Gasteiger partial charge in [0.1, 0.15) is 11.4 Å². The summed E-state index contributed by atoms with van der Waals surface area (Å²) in [5.74, 6) is -0.389. The summed E-state index contributed by atoms with van der Waals surface area (Å²) in [7, 11) is 0. The van der Waals surface area contributed by atoms with Gasteiger partial charge in [0.25, 0.3) is 0 Å². The molecule has 0 bridgehead atoms. The Morgan fingerprint density at radius 1 is 1.21 bits per heavy atom. The maximum absolute atomic E-state index is 13.2. The van der Waals surface area contributed by atoms with Crippen molar-refractivity contribution < 1.29 is 9.90 Å². The number of nitrogens with one attached hydrogen (secondary N) is 2. The zero-order valence-electron chi connectivity index (χ0n) is 18.8. The minimum atomic E-state index is -1.20. The van der Waals surface area contributed by atoms with Crippen LogP contribution in [0.3, 0.4) is 0 Å². The van der Waals surface area contributed by atoms with Crippen LogP contribution in [0.1, 0.15) is 53.6 Å². The molecule has 3 aromatic rings. The van der Waals surface area contributed by atoms with E-state index in [1.54, 1.807) is 12.4 Å². The fourth-order valence-electron chi connectivity index (χ4n) is 5.47. The van der Waals surface area contributed by atoms with E-state index < -0.39 is 11.4 Å². The Kier molecular flexibility index (Phi) is 5.23. The van der Waals surface area contributed by atoms with Gasteiger partial charge in [-0.1, -0.05) is 6.07 Å². The number of nitrogen functional groups attached to an aromatic ring is 1. The van der Waals surface area contributed by atoms with Gasteiger partial charge in [0, 0.05) is 48.0 Å². The molecule has 5 rings (SSSR count). The number of benzene rings is 1. The van der Waals surface area contributed by atoms with Gasteiger partial charge in [0.15, 0.2) is 0 Å². The SMILES string of the molecule is Cc1c(NCCNc2ccccn2)c2c3c(c1N)c(=O)c(C(=O)O)cn3C1(CCC2)CCC1. The highest BCUT2D eigenvalue weighted by Gasteiger charge is 2.41. The lowest BCUT2D eigenvalue weighted by atomic mass is 9.73. The normalized spacial score (nSPS) is 16.3. The highest BCUT2D eigenvalue weighted by Crippen LogP contribution is 2.49. The molecular formula is C25H29N5O3. The summed E-state index contributed by atoms with van der Waals surface area (Å²) in [5, 5.41) is 16.9. The maximum Gasteiger partial charge on any atom is 0.341 e. The summed E-state index contributed by atoms with van der Waals surface area (Å²) in [6.07, 6.45) is 9.19. The van der Waals surface area contributed by atoms with Crippen LogP contribution < -0.4 is 21.8 Å². The second-order valence-electron chi connectivity index (χ2n) is 9.16. The molecule has 1 aromatic carbocycles. The number of rotatable bonds is 6. The number of carboxylic acid groups (broad SMARTS) is 1. The van der Waals surface area contributed by atoms with E-state index >= 15 is 0 Å². The predicted octanol–water partition coefficient (Wildman–Crippen LogP) is 3.72. The molecule has 33 heavy (non-hydrogen) atoms. The molecule has 172 valence electrons. The monoisotopic (exact) mass is 447 g/mol. The second kappa shape index (κ2) is 8.10. The van der Waals surface area contributed by atoms with Gasteiger partial charge in [-0.25, -0.2) is 9.78 Å². The average Bonchev–Trinajstić information content (AvgIpc) is 2.95. The first kappa shape index (κ1) is 21.3. The molecule has 0 unspecified atom stereocenters. The topological polar surface area (TPSA) is 122 Å². The van der Waals surface area contributed by atoms with Gasteiger partial charge in [0.05, 0.1) is 10.9 Å². The van der Waals surface area contributed by atoms with Gasteiger partial charge >= 0.3 is 5.97 Å². The molecule has 3 heterocycles. The van der Waals surface area contributed by atoms with Crippen LogP contribution in [0.25, 0.3) is 10.9 Å². The van der Waals surface area contributed by atoms with Crippen molar-refractivity contribution in [3.63, 3.8) is 0 Å². The van der Waals surface area contributed by atoms with E-state index in [9.17, 15) is 14.7 Å². The van der Waals surface area contributed by atoms with E-state index in [0.717, 1.165) is 66.7 Å². The van der Waals surface area contributed by atoms with E-state index in [0.29, 0.717) is 24.2 Å². The molecule has 0 radical (unpaired) electrons. The number of fused-ring (bicyclic) bond motifs is 1. The summed E-state index contributed by atoms with van der Waals surface area (Å²) in [5.41, 5.74) is 9.70. The van der Waals surface area contributed by atoms with Crippen molar-refractivity contribution in [1.29, 1.82) is 0 Å². The highest BCUT2D eigenvalue weighted by molar-refractivity contribution is 6.03. The van der Waals surface area contributed by atoms with Crippen molar-refractivity contribution in [2.75, 3.05) is 29.5 Å². The zero-order chi connectivity index (χ0) is 23.2. The van der Waals surface area contributed by atoms with E-state index in [2.05, 4.69) is 20.2 Å². The molecule has 1 spiro atoms. The second-order valence-corrected chi connectivity index (χ2v) is 9.16. The lowest BCUT2D eigenvalue weighted by Crippen LogP contribution is -2.41. The summed E-state index contributed by atoms with van der Waals surface area (Å²) < 4.78 is 2.09. The van der Waals surface area contributed by atoms with Gasteiger partial charge in [-0.15, -0.1) is 0 Å². The Morgan fingerprint density at radius 3 is 2.64 bits per heavy atom. The summed E-state index contributed by atoms with van der Waals surface area (Å²) in [6, 6.07) is 5.73. The molecule has 1 aliphatic heterocycles. The Hall–Kier alpha value is -3.55. The number of carbonyl (C=O) groups is 1. The van der Waals surface area contributed by atoms with E-state index in [-0.39, 0.29) is 11.1 Å². The number of carboxylic acids is 1. The van der Waals surface area contributed by atoms with Crippen LogP contribution in [-0.4, -0.2) is 33.7 Å². The molecule has 5 N–H and O–H groups in total. The minimum Gasteiger partial charge on any atom is -0.477 e. The third-order valence-corrected chi connectivity index (χ3v) is 7.34. The first-order chi connectivity index (χ1) is 15.9. The molecule has 1 fully saturated rings. The van der Waals surface area contributed by atoms with Crippen LogP contribution in [0, 0.1) is 6.92 Å². The number of aromatic carboxylic acids is 1. The number of hydrogen-bond acceptors (Lipinski definition) is 6. The molecule has 0 amide bonds. The van der Waals surface area contributed by atoms with Gasteiger partial charge in [-0.3, -0.25) is 4.79 Å². The Morgan fingerprint density at radius 2 is 1.97 bits per heavy atom. The van der Waals surface area contributed by atoms with Crippen LogP contribution >= 0.6 is 0 Å². The smallest absolute Gasteiger partial charge is 0.341 e. The number of anilines is 3.